The maximum atomic E-state index is 11.6. The molecule has 0 unspecified atom stereocenters. The molecule has 0 aliphatic carbocycles. The highest BCUT2D eigenvalue weighted by atomic mass is 16.6. The summed E-state index contributed by atoms with van der Waals surface area (Å²) in [4.78, 5) is 16.8. The van der Waals surface area contributed by atoms with E-state index in [4.69, 9.17) is 4.84 Å². The second-order valence-corrected chi connectivity index (χ2v) is 4.88. The van der Waals surface area contributed by atoms with E-state index in [2.05, 4.69) is 10.8 Å². The van der Waals surface area contributed by atoms with Crippen molar-refractivity contribution >= 4 is 5.91 Å². The standard InChI is InChI=1S/C14H22N2O2/c1-4-14(2,3)16-13(17)10-15-18-11-12-8-6-5-7-9-12/h5-9,15H,4,10-11H2,1-3H3,(H,16,17). The molecule has 18 heavy (non-hydrogen) atoms. The van der Waals surface area contributed by atoms with Gasteiger partial charge in [-0.2, -0.15) is 5.48 Å². The lowest BCUT2D eigenvalue weighted by Gasteiger charge is -2.24. The Hall–Kier alpha value is -1.39. The fourth-order valence-corrected chi connectivity index (χ4v) is 1.34. The molecule has 0 atom stereocenters. The number of hydroxylamine groups is 1. The molecule has 0 saturated heterocycles. The molecule has 4 nitrogen and oxygen atoms in total. The van der Waals surface area contributed by atoms with Gasteiger partial charge in [0.25, 0.3) is 0 Å². The van der Waals surface area contributed by atoms with E-state index in [1.807, 2.05) is 51.1 Å². The van der Waals surface area contributed by atoms with E-state index in [0.717, 1.165) is 12.0 Å². The van der Waals surface area contributed by atoms with Crippen molar-refractivity contribution in [2.24, 2.45) is 0 Å². The summed E-state index contributed by atoms with van der Waals surface area (Å²) in [6, 6.07) is 9.81. The third-order valence-electron chi connectivity index (χ3n) is 2.78. The van der Waals surface area contributed by atoms with Crippen molar-refractivity contribution in [1.29, 1.82) is 0 Å². The maximum Gasteiger partial charge on any atom is 0.236 e. The summed E-state index contributed by atoms with van der Waals surface area (Å²) in [5, 5.41) is 2.92. The molecule has 1 aromatic carbocycles. The van der Waals surface area contributed by atoms with Crippen molar-refractivity contribution in [2.45, 2.75) is 39.3 Å². The summed E-state index contributed by atoms with van der Waals surface area (Å²) in [5.74, 6) is -0.0603. The second-order valence-electron chi connectivity index (χ2n) is 4.88. The molecular formula is C14H22N2O2. The minimum absolute atomic E-state index is 0.0603. The number of carbonyl (C=O) groups is 1. The molecule has 0 heterocycles. The van der Waals surface area contributed by atoms with E-state index < -0.39 is 0 Å². The summed E-state index contributed by atoms with van der Waals surface area (Å²) < 4.78 is 0. The summed E-state index contributed by atoms with van der Waals surface area (Å²) in [7, 11) is 0. The fourth-order valence-electron chi connectivity index (χ4n) is 1.34. The molecule has 0 aliphatic rings. The van der Waals surface area contributed by atoms with Crippen LogP contribution in [0.1, 0.15) is 32.8 Å². The lowest BCUT2D eigenvalue weighted by atomic mass is 10.0. The van der Waals surface area contributed by atoms with Crippen molar-refractivity contribution in [1.82, 2.24) is 10.8 Å². The Kier molecular flexibility index (Phi) is 5.82. The van der Waals surface area contributed by atoms with Gasteiger partial charge in [0.05, 0.1) is 13.2 Å². The van der Waals surface area contributed by atoms with Crippen LogP contribution in [0.25, 0.3) is 0 Å². The lowest BCUT2D eigenvalue weighted by molar-refractivity contribution is -0.124. The highest BCUT2D eigenvalue weighted by molar-refractivity contribution is 5.78. The van der Waals surface area contributed by atoms with Gasteiger partial charge >= 0.3 is 0 Å². The third kappa shape index (κ3) is 5.80. The van der Waals surface area contributed by atoms with Crippen LogP contribution in [0.2, 0.25) is 0 Å². The molecule has 0 saturated carbocycles. The Balaban J connectivity index is 2.17. The van der Waals surface area contributed by atoms with E-state index in [9.17, 15) is 4.79 Å². The molecule has 0 bridgehead atoms. The summed E-state index contributed by atoms with van der Waals surface area (Å²) >= 11 is 0. The van der Waals surface area contributed by atoms with Crippen molar-refractivity contribution in [2.75, 3.05) is 6.54 Å². The number of benzene rings is 1. The number of hydrogen-bond donors (Lipinski definition) is 2. The quantitative estimate of drug-likeness (QED) is 0.575. The van der Waals surface area contributed by atoms with Crippen molar-refractivity contribution < 1.29 is 9.63 Å². The van der Waals surface area contributed by atoms with Gasteiger partial charge < -0.3 is 5.32 Å². The van der Waals surface area contributed by atoms with Crippen LogP contribution in [0.4, 0.5) is 0 Å². The second kappa shape index (κ2) is 7.13. The van der Waals surface area contributed by atoms with Gasteiger partial charge in [0.2, 0.25) is 5.91 Å². The molecule has 0 aliphatic heterocycles. The SMILES string of the molecule is CCC(C)(C)NC(=O)CNOCc1ccccc1. The van der Waals surface area contributed by atoms with E-state index in [0.29, 0.717) is 6.61 Å². The minimum atomic E-state index is -0.168. The van der Waals surface area contributed by atoms with Gasteiger partial charge in [-0.1, -0.05) is 37.3 Å². The molecule has 4 heteroatoms. The third-order valence-corrected chi connectivity index (χ3v) is 2.78. The van der Waals surface area contributed by atoms with Gasteiger partial charge in [0.1, 0.15) is 0 Å². The first kappa shape index (κ1) is 14.7. The first-order valence-electron chi connectivity index (χ1n) is 6.23. The Labute approximate surface area is 109 Å². The molecule has 1 rings (SSSR count). The maximum absolute atomic E-state index is 11.6. The number of nitrogens with one attached hydrogen (secondary N) is 2. The first-order valence-corrected chi connectivity index (χ1v) is 6.23. The van der Waals surface area contributed by atoms with Crippen LogP contribution < -0.4 is 10.8 Å². The first-order chi connectivity index (χ1) is 8.53. The van der Waals surface area contributed by atoms with Crippen molar-refractivity contribution in [3.05, 3.63) is 35.9 Å². The van der Waals surface area contributed by atoms with Crippen LogP contribution in [0.15, 0.2) is 30.3 Å². The summed E-state index contributed by atoms with van der Waals surface area (Å²) in [5.41, 5.74) is 3.57. The zero-order valence-electron chi connectivity index (χ0n) is 11.3. The van der Waals surface area contributed by atoms with Crippen molar-refractivity contribution in [3.8, 4) is 0 Å². The van der Waals surface area contributed by atoms with Gasteiger partial charge in [-0.05, 0) is 25.8 Å². The van der Waals surface area contributed by atoms with E-state index in [1.54, 1.807) is 0 Å². The van der Waals surface area contributed by atoms with Crippen molar-refractivity contribution in [3.63, 3.8) is 0 Å². The molecule has 1 aromatic rings. The van der Waals surface area contributed by atoms with Gasteiger partial charge in [-0.15, -0.1) is 0 Å². The Morgan fingerprint density at radius 3 is 2.56 bits per heavy atom. The van der Waals surface area contributed by atoms with Crippen LogP contribution >= 0.6 is 0 Å². The zero-order chi connectivity index (χ0) is 13.4. The van der Waals surface area contributed by atoms with E-state index in [1.165, 1.54) is 0 Å². The topological polar surface area (TPSA) is 50.4 Å². The normalized spacial score (nSPS) is 11.3. The fraction of sp³-hybridized carbons (Fsp3) is 0.500. The predicted octanol–water partition coefficient (Wildman–Crippen LogP) is 2.01. The van der Waals surface area contributed by atoms with E-state index in [-0.39, 0.29) is 18.0 Å². The van der Waals surface area contributed by atoms with Crippen LogP contribution in [-0.2, 0) is 16.2 Å². The van der Waals surface area contributed by atoms with E-state index >= 15 is 0 Å². The predicted molar refractivity (Wildman–Crippen MR) is 71.7 cm³/mol. The lowest BCUT2D eigenvalue weighted by Crippen LogP contribution is -2.46. The summed E-state index contributed by atoms with van der Waals surface area (Å²) in [6.07, 6.45) is 0.892. The average molecular weight is 250 g/mol. The Morgan fingerprint density at radius 2 is 1.94 bits per heavy atom. The number of amides is 1. The van der Waals surface area contributed by atoms with Gasteiger partial charge in [-0.3, -0.25) is 9.63 Å². The monoisotopic (exact) mass is 250 g/mol. The molecule has 0 aromatic heterocycles. The molecule has 0 radical (unpaired) electrons. The zero-order valence-corrected chi connectivity index (χ0v) is 11.3. The molecule has 100 valence electrons. The molecular weight excluding hydrogens is 228 g/mol. The van der Waals surface area contributed by atoms with Gasteiger partial charge in [0.15, 0.2) is 0 Å². The van der Waals surface area contributed by atoms with Gasteiger partial charge in [-0.25, -0.2) is 0 Å². The average Bonchev–Trinajstić information content (AvgIpc) is 2.35. The molecule has 2 N–H and O–H groups in total. The number of rotatable bonds is 7. The molecule has 0 spiro atoms. The van der Waals surface area contributed by atoms with Crippen LogP contribution in [0.3, 0.4) is 0 Å². The highest BCUT2D eigenvalue weighted by Crippen LogP contribution is 2.05. The summed E-state index contributed by atoms with van der Waals surface area (Å²) in [6.45, 7) is 6.65. The minimum Gasteiger partial charge on any atom is -0.350 e. The Bertz CT molecular complexity index is 363. The molecule has 1 amide bonds. The van der Waals surface area contributed by atoms with Gasteiger partial charge in [0, 0.05) is 5.54 Å². The smallest absolute Gasteiger partial charge is 0.236 e. The van der Waals surface area contributed by atoms with Crippen LogP contribution in [0.5, 0.6) is 0 Å². The highest BCUT2D eigenvalue weighted by Gasteiger charge is 2.17. The van der Waals surface area contributed by atoms with Crippen LogP contribution in [-0.4, -0.2) is 18.0 Å². The van der Waals surface area contributed by atoms with Crippen LogP contribution in [0, 0.1) is 0 Å². The number of hydrogen-bond acceptors (Lipinski definition) is 3. The number of carbonyl (C=O) groups excluding carboxylic acids is 1. The molecule has 0 fully saturated rings. The Morgan fingerprint density at radius 1 is 1.28 bits per heavy atom. The largest absolute Gasteiger partial charge is 0.350 e.